The van der Waals surface area contributed by atoms with Crippen LogP contribution in [0, 0.1) is 0 Å². The molecular weight excluding hydrogens is 440 g/mol. The highest BCUT2D eigenvalue weighted by Gasteiger charge is 2.65. The summed E-state index contributed by atoms with van der Waals surface area (Å²) in [4.78, 5) is 60.1. The highest BCUT2D eigenvalue weighted by molar-refractivity contribution is 7.46. The molecule has 0 bridgehead atoms. The van der Waals surface area contributed by atoms with Gasteiger partial charge in [-0.15, -0.1) is 0 Å². The standard InChI is InChI=1S/C10H14F2N2O12P2/c11-7(12)10(17)6(26-28(21,22)23)4(3-24-27(18,19)20)25-8(10)14-2-1-5(15)13-9(14)16/h1-2,4,6-8,17H,3H2,(H,13,15,16)(H2,18,19,20)(H2,21,22,23)/t4-,6-,8-,10+/m1/s1. The average Bonchev–Trinajstić information content (AvgIpc) is 2.77. The van der Waals surface area contributed by atoms with Crippen LogP contribution in [0.2, 0.25) is 0 Å². The first kappa shape index (κ1) is 23.0. The molecule has 6 N–H and O–H groups in total. The van der Waals surface area contributed by atoms with E-state index >= 15 is 0 Å². The predicted octanol–water partition coefficient (Wildman–Crippen LogP) is -1.98. The molecule has 1 fully saturated rings. The van der Waals surface area contributed by atoms with Crippen molar-refractivity contribution in [3.8, 4) is 0 Å². The largest absolute Gasteiger partial charge is 0.470 e. The number of phosphoric acid groups is 2. The van der Waals surface area contributed by atoms with E-state index in [1.807, 2.05) is 0 Å². The molecule has 160 valence electrons. The van der Waals surface area contributed by atoms with Crippen LogP contribution in [0.15, 0.2) is 21.9 Å². The fourth-order valence-electron chi connectivity index (χ4n) is 2.51. The third-order valence-corrected chi connectivity index (χ3v) is 4.59. The molecule has 2 rings (SSSR count). The fourth-order valence-corrected chi connectivity index (χ4v) is 3.46. The highest BCUT2D eigenvalue weighted by Crippen LogP contribution is 2.51. The van der Waals surface area contributed by atoms with Crippen molar-refractivity contribution in [2.75, 3.05) is 6.61 Å². The molecule has 18 heteroatoms. The van der Waals surface area contributed by atoms with Gasteiger partial charge in [-0.25, -0.2) is 22.7 Å². The molecule has 0 aliphatic carbocycles. The second-order valence-electron chi connectivity index (χ2n) is 5.54. The van der Waals surface area contributed by atoms with Crippen LogP contribution in [0.25, 0.3) is 0 Å². The van der Waals surface area contributed by atoms with Gasteiger partial charge in [0.25, 0.3) is 12.0 Å². The molecule has 28 heavy (non-hydrogen) atoms. The molecule has 0 unspecified atom stereocenters. The SMILES string of the molecule is O=c1ccn([C@@H]2O[C@H](COP(=O)(O)O)[C@@H](OP(=O)(O)O)[C@]2(O)C(F)F)c(=O)[nH]1. The number of aliphatic hydroxyl groups is 1. The monoisotopic (exact) mass is 454 g/mol. The van der Waals surface area contributed by atoms with Crippen LogP contribution < -0.4 is 11.2 Å². The van der Waals surface area contributed by atoms with Gasteiger partial charge in [0, 0.05) is 12.3 Å². The number of hydrogen-bond donors (Lipinski definition) is 6. The van der Waals surface area contributed by atoms with Gasteiger partial charge in [0.2, 0.25) is 5.60 Å². The minimum absolute atomic E-state index is 0.279. The van der Waals surface area contributed by atoms with E-state index in [9.17, 15) is 32.6 Å². The van der Waals surface area contributed by atoms with Crippen molar-refractivity contribution in [1.82, 2.24) is 9.55 Å². The number of hydrogen-bond acceptors (Lipinski definition) is 8. The molecule has 0 radical (unpaired) electrons. The molecule has 1 aliphatic rings. The molecule has 0 saturated carbocycles. The molecule has 0 aromatic carbocycles. The minimum Gasteiger partial charge on any atom is -0.377 e. The number of ether oxygens (including phenoxy) is 1. The smallest absolute Gasteiger partial charge is 0.377 e. The topological polar surface area (TPSA) is 218 Å². The maximum absolute atomic E-state index is 13.7. The third-order valence-electron chi connectivity index (χ3n) is 3.60. The first-order chi connectivity index (χ1) is 12.6. The van der Waals surface area contributed by atoms with E-state index in [0.717, 1.165) is 0 Å². The van der Waals surface area contributed by atoms with Crippen LogP contribution >= 0.6 is 15.6 Å². The second-order valence-corrected chi connectivity index (χ2v) is 7.97. The van der Waals surface area contributed by atoms with Crippen LogP contribution in [0.3, 0.4) is 0 Å². The van der Waals surface area contributed by atoms with Gasteiger partial charge in [-0.2, -0.15) is 0 Å². The number of nitrogens with zero attached hydrogens (tertiary/aromatic N) is 1. The van der Waals surface area contributed by atoms with Crippen molar-refractivity contribution in [2.45, 2.75) is 30.5 Å². The molecule has 1 aliphatic heterocycles. The van der Waals surface area contributed by atoms with Gasteiger partial charge in [0.1, 0.15) is 12.2 Å². The number of halogens is 2. The molecule has 0 amide bonds. The maximum atomic E-state index is 13.7. The number of nitrogens with one attached hydrogen (secondary N) is 1. The Hall–Kier alpha value is -1.32. The van der Waals surface area contributed by atoms with Gasteiger partial charge in [0.15, 0.2) is 6.23 Å². The molecule has 1 aromatic heterocycles. The fraction of sp³-hybridized carbons (Fsp3) is 0.600. The first-order valence-electron chi connectivity index (χ1n) is 7.06. The van der Waals surface area contributed by atoms with Crippen molar-refractivity contribution < 1.29 is 56.4 Å². The summed E-state index contributed by atoms with van der Waals surface area (Å²) in [5.74, 6) is 0. The van der Waals surface area contributed by atoms with Crippen molar-refractivity contribution in [3.05, 3.63) is 33.1 Å². The van der Waals surface area contributed by atoms with E-state index in [1.165, 1.54) is 0 Å². The zero-order valence-corrected chi connectivity index (χ0v) is 15.2. The Bertz CT molecular complexity index is 923. The van der Waals surface area contributed by atoms with Gasteiger partial charge < -0.3 is 29.4 Å². The lowest BCUT2D eigenvalue weighted by Crippen LogP contribution is -2.55. The Balaban J connectivity index is 2.55. The quantitative estimate of drug-likeness (QED) is 0.247. The summed E-state index contributed by atoms with van der Waals surface area (Å²) in [6, 6.07) is 0.703. The summed E-state index contributed by atoms with van der Waals surface area (Å²) in [6.07, 6.45) is -10.2. The van der Waals surface area contributed by atoms with E-state index in [-0.39, 0.29) is 4.57 Å². The summed E-state index contributed by atoms with van der Waals surface area (Å²) in [7, 11) is -10.7. The van der Waals surface area contributed by atoms with E-state index in [4.69, 9.17) is 24.3 Å². The molecule has 2 heterocycles. The van der Waals surface area contributed by atoms with E-state index in [1.54, 1.807) is 4.98 Å². The summed E-state index contributed by atoms with van der Waals surface area (Å²) < 4.78 is 62.9. The van der Waals surface area contributed by atoms with Gasteiger partial charge >= 0.3 is 21.3 Å². The Kier molecular flexibility index (Phi) is 6.43. The Morgan fingerprint density at radius 3 is 2.32 bits per heavy atom. The third kappa shape index (κ3) is 4.99. The van der Waals surface area contributed by atoms with Crippen molar-refractivity contribution in [1.29, 1.82) is 0 Å². The molecule has 14 nitrogen and oxygen atoms in total. The summed E-state index contributed by atoms with van der Waals surface area (Å²) in [5.41, 5.74) is -5.85. The molecule has 1 saturated heterocycles. The number of aromatic nitrogens is 2. The van der Waals surface area contributed by atoms with Crippen LogP contribution in [-0.4, -0.2) is 65.1 Å². The zero-order valence-electron chi connectivity index (χ0n) is 13.4. The molecule has 4 atom stereocenters. The molecule has 1 aromatic rings. The maximum Gasteiger partial charge on any atom is 0.470 e. The number of rotatable bonds is 7. The van der Waals surface area contributed by atoms with Crippen molar-refractivity contribution in [2.24, 2.45) is 0 Å². The van der Waals surface area contributed by atoms with E-state index < -0.39 is 64.0 Å². The van der Waals surface area contributed by atoms with Crippen LogP contribution in [0.4, 0.5) is 8.78 Å². The summed E-state index contributed by atoms with van der Waals surface area (Å²) >= 11 is 0. The van der Waals surface area contributed by atoms with Gasteiger partial charge in [-0.05, 0) is 0 Å². The van der Waals surface area contributed by atoms with Gasteiger partial charge in [-0.1, -0.05) is 0 Å². The average molecular weight is 454 g/mol. The van der Waals surface area contributed by atoms with Crippen LogP contribution in [0.1, 0.15) is 6.23 Å². The minimum atomic E-state index is -5.54. The number of alkyl halides is 2. The lowest BCUT2D eigenvalue weighted by Gasteiger charge is -2.32. The van der Waals surface area contributed by atoms with Crippen molar-refractivity contribution >= 4 is 15.6 Å². The molecular formula is C10H14F2N2O12P2. The van der Waals surface area contributed by atoms with E-state index in [2.05, 4.69) is 9.05 Å². The summed E-state index contributed by atoms with van der Waals surface area (Å²) in [6.45, 7) is -1.25. The number of H-pyrrole nitrogens is 1. The Labute approximate surface area is 152 Å². The lowest BCUT2D eigenvalue weighted by atomic mass is 9.94. The predicted molar refractivity (Wildman–Crippen MR) is 81.1 cm³/mol. The first-order valence-corrected chi connectivity index (χ1v) is 10.1. The highest BCUT2D eigenvalue weighted by atomic mass is 31.2. The Morgan fingerprint density at radius 1 is 1.25 bits per heavy atom. The molecule has 0 spiro atoms. The Morgan fingerprint density at radius 2 is 1.86 bits per heavy atom. The number of phosphoric ester groups is 2. The van der Waals surface area contributed by atoms with E-state index in [0.29, 0.717) is 12.3 Å². The number of aromatic amines is 1. The lowest BCUT2D eigenvalue weighted by molar-refractivity contribution is -0.183. The van der Waals surface area contributed by atoms with Crippen LogP contribution in [0.5, 0.6) is 0 Å². The van der Waals surface area contributed by atoms with Gasteiger partial charge in [-0.3, -0.25) is 23.4 Å². The normalized spacial score (nSPS) is 28.8. The zero-order chi connectivity index (χ0) is 21.5. The van der Waals surface area contributed by atoms with Gasteiger partial charge in [0.05, 0.1) is 6.61 Å². The summed E-state index contributed by atoms with van der Waals surface area (Å²) in [5, 5.41) is 10.5. The van der Waals surface area contributed by atoms with Crippen LogP contribution in [-0.2, 0) is 22.9 Å². The van der Waals surface area contributed by atoms with Crippen molar-refractivity contribution in [3.63, 3.8) is 0 Å². The second kappa shape index (κ2) is 7.84.